The number of carbonyl (C=O) groups excluding carboxylic acids is 1. The van der Waals surface area contributed by atoms with Gasteiger partial charge in [-0.2, -0.15) is 0 Å². The fourth-order valence-electron chi connectivity index (χ4n) is 3.21. The third-order valence-corrected chi connectivity index (χ3v) is 5.10. The van der Waals surface area contributed by atoms with Crippen LogP contribution in [0.5, 0.6) is 0 Å². The Labute approximate surface area is 139 Å². The number of aryl methyl sites for hydroxylation is 1. The van der Waals surface area contributed by atoms with E-state index in [-0.39, 0.29) is 11.9 Å². The number of carbonyl (C=O) groups is 1. The number of amides is 1. The van der Waals surface area contributed by atoms with E-state index < -0.39 is 10.8 Å². The smallest absolute Gasteiger partial charge is 0.252 e. The maximum absolute atomic E-state index is 12.8. The van der Waals surface area contributed by atoms with Gasteiger partial charge in [0.2, 0.25) is 0 Å². The molecule has 1 aliphatic carbocycles. The Hall–Kier alpha value is -1.94. The van der Waals surface area contributed by atoms with Gasteiger partial charge in [0, 0.05) is 28.4 Å². The zero-order valence-corrected chi connectivity index (χ0v) is 14.1. The number of hydrogen-bond donors (Lipinski definition) is 1. The van der Waals surface area contributed by atoms with Crippen LogP contribution in [0.4, 0.5) is 0 Å². The molecule has 3 rings (SSSR count). The molecule has 1 N–H and O–H groups in total. The van der Waals surface area contributed by atoms with Crippen LogP contribution in [0.2, 0.25) is 0 Å². The van der Waals surface area contributed by atoms with E-state index in [4.69, 9.17) is 0 Å². The molecule has 4 heteroatoms. The third kappa shape index (κ3) is 3.70. The van der Waals surface area contributed by atoms with Gasteiger partial charge in [0.15, 0.2) is 0 Å². The molecule has 120 valence electrons. The number of nitrogens with one attached hydrogen (secondary N) is 1. The van der Waals surface area contributed by atoms with Crippen LogP contribution in [0, 0.1) is 0 Å². The molecule has 1 amide bonds. The first-order valence-corrected chi connectivity index (χ1v) is 9.64. The van der Waals surface area contributed by atoms with Crippen LogP contribution in [0.1, 0.15) is 39.5 Å². The average molecular weight is 327 g/mol. The highest BCUT2D eigenvalue weighted by atomic mass is 32.2. The highest BCUT2D eigenvalue weighted by molar-refractivity contribution is 7.84. The van der Waals surface area contributed by atoms with Crippen molar-refractivity contribution in [3.8, 4) is 0 Å². The first kappa shape index (κ1) is 15.9. The molecule has 3 nitrogen and oxygen atoms in total. The van der Waals surface area contributed by atoms with E-state index in [9.17, 15) is 9.00 Å². The van der Waals surface area contributed by atoms with E-state index in [0.29, 0.717) is 5.75 Å². The highest BCUT2D eigenvalue weighted by Crippen LogP contribution is 2.26. The van der Waals surface area contributed by atoms with Crippen molar-refractivity contribution in [1.29, 1.82) is 0 Å². The van der Waals surface area contributed by atoms with E-state index in [1.54, 1.807) is 6.26 Å². The molecule has 2 aromatic carbocycles. The lowest BCUT2D eigenvalue weighted by Crippen LogP contribution is -2.32. The highest BCUT2D eigenvalue weighted by Gasteiger charge is 2.22. The molecular weight excluding hydrogens is 306 g/mol. The Bertz CT molecular complexity index is 727. The SMILES string of the molecule is C[S@@](=O)C[C@@H](NC(=O)c1cccc2c1CCC2)c1ccccc1. The maximum Gasteiger partial charge on any atom is 0.252 e. The van der Waals surface area contributed by atoms with Crippen molar-refractivity contribution in [3.05, 3.63) is 70.8 Å². The molecule has 2 aromatic rings. The zero-order chi connectivity index (χ0) is 16.2. The van der Waals surface area contributed by atoms with E-state index in [1.807, 2.05) is 42.5 Å². The lowest BCUT2D eigenvalue weighted by Gasteiger charge is -2.19. The van der Waals surface area contributed by atoms with Crippen molar-refractivity contribution in [2.24, 2.45) is 0 Å². The number of fused-ring (bicyclic) bond motifs is 1. The summed E-state index contributed by atoms with van der Waals surface area (Å²) in [5.41, 5.74) is 4.22. The van der Waals surface area contributed by atoms with Gasteiger partial charge in [-0.1, -0.05) is 42.5 Å². The first-order chi connectivity index (χ1) is 11.1. The molecule has 0 aliphatic heterocycles. The Kier molecular flexibility index (Phi) is 4.91. The summed E-state index contributed by atoms with van der Waals surface area (Å²) in [4.78, 5) is 12.8. The fraction of sp³-hybridized carbons (Fsp3) is 0.316. The minimum atomic E-state index is -0.983. The predicted octanol–water partition coefficient (Wildman–Crippen LogP) is 3.02. The van der Waals surface area contributed by atoms with Crippen molar-refractivity contribution in [3.63, 3.8) is 0 Å². The molecule has 0 heterocycles. The van der Waals surface area contributed by atoms with E-state index in [0.717, 1.165) is 30.4 Å². The van der Waals surface area contributed by atoms with Gasteiger partial charge >= 0.3 is 0 Å². The van der Waals surface area contributed by atoms with Crippen LogP contribution in [0.15, 0.2) is 48.5 Å². The van der Waals surface area contributed by atoms with Gasteiger partial charge in [-0.3, -0.25) is 9.00 Å². The van der Waals surface area contributed by atoms with Crippen LogP contribution in [-0.4, -0.2) is 22.1 Å². The largest absolute Gasteiger partial charge is 0.344 e. The van der Waals surface area contributed by atoms with Gasteiger partial charge in [-0.05, 0) is 42.0 Å². The van der Waals surface area contributed by atoms with Crippen LogP contribution in [0.3, 0.4) is 0 Å². The monoisotopic (exact) mass is 327 g/mol. The van der Waals surface area contributed by atoms with Gasteiger partial charge in [0.25, 0.3) is 5.91 Å². The standard InChI is InChI=1S/C19H21NO2S/c1-23(22)13-18(15-7-3-2-4-8-15)20-19(21)17-12-6-10-14-9-5-11-16(14)17/h2-4,6-8,10,12,18H,5,9,11,13H2,1H3,(H,20,21)/t18-,23-/m1/s1. The summed E-state index contributed by atoms with van der Waals surface area (Å²) in [6.45, 7) is 0. The minimum absolute atomic E-state index is 0.0666. The van der Waals surface area contributed by atoms with Crippen LogP contribution >= 0.6 is 0 Å². The average Bonchev–Trinajstić information content (AvgIpc) is 3.03. The molecule has 0 aromatic heterocycles. The molecule has 0 radical (unpaired) electrons. The Morgan fingerprint density at radius 2 is 1.91 bits per heavy atom. The zero-order valence-electron chi connectivity index (χ0n) is 13.2. The summed E-state index contributed by atoms with van der Waals surface area (Å²) in [5, 5.41) is 3.08. The van der Waals surface area contributed by atoms with Crippen LogP contribution in [0.25, 0.3) is 0 Å². The van der Waals surface area contributed by atoms with Crippen molar-refractivity contribution in [2.45, 2.75) is 25.3 Å². The van der Waals surface area contributed by atoms with Crippen molar-refractivity contribution in [2.75, 3.05) is 12.0 Å². The van der Waals surface area contributed by atoms with Gasteiger partial charge in [0.05, 0.1) is 6.04 Å². The molecule has 0 fully saturated rings. The summed E-state index contributed by atoms with van der Waals surface area (Å²) >= 11 is 0. The third-order valence-electron chi connectivity index (χ3n) is 4.30. The Morgan fingerprint density at radius 1 is 1.13 bits per heavy atom. The second-order valence-electron chi connectivity index (χ2n) is 5.97. The molecule has 0 spiro atoms. The van der Waals surface area contributed by atoms with Gasteiger partial charge in [-0.25, -0.2) is 0 Å². The molecule has 23 heavy (non-hydrogen) atoms. The van der Waals surface area contributed by atoms with Crippen LogP contribution in [-0.2, 0) is 23.6 Å². The van der Waals surface area contributed by atoms with Gasteiger partial charge in [0.1, 0.15) is 0 Å². The molecule has 1 aliphatic rings. The molecule has 0 saturated carbocycles. The normalized spacial score (nSPS) is 15.7. The van der Waals surface area contributed by atoms with Crippen molar-refractivity contribution < 1.29 is 9.00 Å². The second-order valence-corrected chi connectivity index (χ2v) is 7.45. The predicted molar refractivity (Wildman–Crippen MR) is 94.0 cm³/mol. The van der Waals surface area contributed by atoms with E-state index in [1.165, 1.54) is 11.1 Å². The summed E-state index contributed by atoms with van der Waals surface area (Å²) in [7, 11) is -0.983. The molecule has 0 bridgehead atoms. The second kappa shape index (κ2) is 7.09. The molecule has 0 saturated heterocycles. The molecule has 2 atom stereocenters. The fourth-order valence-corrected chi connectivity index (χ4v) is 3.95. The summed E-state index contributed by atoms with van der Waals surface area (Å²) in [6, 6.07) is 15.5. The van der Waals surface area contributed by atoms with Crippen LogP contribution < -0.4 is 5.32 Å². The van der Waals surface area contributed by atoms with E-state index >= 15 is 0 Å². The lowest BCUT2D eigenvalue weighted by atomic mass is 10.0. The lowest BCUT2D eigenvalue weighted by molar-refractivity contribution is 0.0939. The first-order valence-electron chi connectivity index (χ1n) is 7.92. The summed E-state index contributed by atoms with van der Waals surface area (Å²) in [5.74, 6) is 0.355. The number of benzene rings is 2. The molecule has 0 unspecified atom stereocenters. The summed E-state index contributed by atoms with van der Waals surface area (Å²) in [6.07, 6.45) is 4.80. The Morgan fingerprint density at radius 3 is 2.65 bits per heavy atom. The van der Waals surface area contributed by atoms with Gasteiger partial charge in [-0.15, -0.1) is 0 Å². The van der Waals surface area contributed by atoms with Crippen molar-refractivity contribution >= 4 is 16.7 Å². The molecular formula is C19H21NO2S. The minimum Gasteiger partial charge on any atom is -0.344 e. The Balaban J connectivity index is 1.84. The quantitative estimate of drug-likeness (QED) is 0.917. The maximum atomic E-state index is 12.8. The van der Waals surface area contributed by atoms with Gasteiger partial charge < -0.3 is 5.32 Å². The van der Waals surface area contributed by atoms with E-state index in [2.05, 4.69) is 11.4 Å². The topological polar surface area (TPSA) is 46.2 Å². The number of rotatable bonds is 5. The summed E-state index contributed by atoms with van der Waals surface area (Å²) < 4.78 is 11.7. The van der Waals surface area contributed by atoms with Crippen molar-refractivity contribution in [1.82, 2.24) is 5.32 Å². The number of hydrogen-bond acceptors (Lipinski definition) is 2.